The van der Waals surface area contributed by atoms with E-state index < -0.39 is 17.6 Å². The predicted octanol–water partition coefficient (Wildman–Crippen LogP) is 2.21. The number of amides is 1. The summed E-state index contributed by atoms with van der Waals surface area (Å²) in [5.74, 6) is -1.28. The predicted molar refractivity (Wildman–Crippen MR) is 57.7 cm³/mol. The normalized spacial score (nSPS) is 11.2. The van der Waals surface area contributed by atoms with Crippen molar-refractivity contribution < 1.29 is 27.4 Å². The van der Waals surface area contributed by atoms with Crippen LogP contribution in [0.3, 0.4) is 0 Å². The van der Waals surface area contributed by atoms with E-state index in [4.69, 9.17) is 15.2 Å². The van der Waals surface area contributed by atoms with Gasteiger partial charge in [0.1, 0.15) is 0 Å². The van der Waals surface area contributed by atoms with Crippen molar-refractivity contribution >= 4 is 5.91 Å². The minimum Gasteiger partial charge on any atom is -0.492 e. The highest BCUT2D eigenvalue weighted by Gasteiger charge is 2.33. The summed E-state index contributed by atoms with van der Waals surface area (Å²) in [6.45, 7) is 1.74. The summed E-state index contributed by atoms with van der Waals surface area (Å²) in [5, 5.41) is 0. The standard InChI is InChI=1S/C11H12F3NO3/c1-3-18-8-5-6(11(12,13)14)4-7(10(15)16)9(8)17-2/h4-5H,3H2,1-2H3,(H2,15,16). The van der Waals surface area contributed by atoms with Gasteiger partial charge in [-0.1, -0.05) is 0 Å². The molecule has 0 saturated heterocycles. The van der Waals surface area contributed by atoms with Crippen LogP contribution in [0.5, 0.6) is 11.5 Å². The van der Waals surface area contributed by atoms with Crippen molar-refractivity contribution in [3.8, 4) is 11.5 Å². The zero-order valence-electron chi connectivity index (χ0n) is 9.80. The quantitative estimate of drug-likeness (QED) is 0.905. The van der Waals surface area contributed by atoms with Gasteiger partial charge in [-0.25, -0.2) is 0 Å². The zero-order valence-corrected chi connectivity index (χ0v) is 9.80. The lowest BCUT2D eigenvalue weighted by atomic mass is 10.1. The highest BCUT2D eigenvalue weighted by Crippen LogP contribution is 2.38. The number of hydrogen-bond donors (Lipinski definition) is 1. The number of methoxy groups -OCH3 is 1. The minimum absolute atomic E-state index is 0.0997. The smallest absolute Gasteiger partial charge is 0.416 e. The third-order valence-electron chi connectivity index (χ3n) is 2.15. The van der Waals surface area contributed by atoms with Crippen molar-refractivity contribution in [2.75, 3.05) is 13.7 Å². The Morgan fingerprint density at radius 3 is 2.39 bits per heavy atom. The molecule has 1 amide bonds. The van der Waals surface area contributed by atoms with Gasteiger partial charge >= 0.3 is 6.18 Å². The molecule has 1 aromatic carbocycles. The fourth-order valence-electron chi connectivity index (χ4n) is 1.42. The number of alkyl halides is 3. The second kappa shape index (κ2) is 5.16. The van der Waals surface area contributed by atoms with Crippen LogP contribution in [0.15, 0.2) is 12.1 Å². The molecule has 0 aliphatic heterocycles. The van der Waals surface area contributed by atoms with Crippen molar-refractivity contribution in [3.63, 3.8) is 0 Å². The van der Waals surface area contributed by atoms with Gasteiger partial charge in [-0.05, 0) is 19.1 Å². The monoisotopic (exact) mass is 263 g/mol. The summed E-state index contributed by atoms with van der Waals surface area (Å²) in [5.41, 5.74) is 3.65. The topological polar surface area (TPSA) is 61.5 Å². The Bertz CT molecular complexity index is 458. The van der Waals surface area contributed by atoms with Crippen LogP contribution in [0.2, 0.25) is 0 Å². The fraction of sp³-hybridized carbons (Fsp3) is 0.364. The number of rotatable bonds is 4. The number of carbonyl (C=O) groups is 1. The molecule has 0 saturated carbocycles. The second-order valence-electron chi connectivity index (χ2n) is 3.35. The van der Waals surface area contributed by atoms with Gasteiger partial charge in [-0.3, -0.25) is 4.79 Å². The highest BCUT2D eigenvalue weighted by atomic mass is 19.4. The van der Waals surface area contributed by atoms with Crippen molar-refractivity contribution in [1.29, 1.82) is 0 Å². The van der Waals surface area contributed by atoms with Gasteiger partial charge in [0.25, 0.3) is 5.91 Å². The summed E-state index contributed by atoms with van der Waals surface area (Å²) >= 11 is 0. The summed E-state index contributed by atoms with van der Waals surface area (Å²) < 4.78 is 47.8. The number of hydrogen-bond acceptors (Lipinski definition) is 3. The average Bonchev–Trinajstić information content (AvgIpc) is 2.27. The van der Waals surface area contributed by atoms with E-state index in [2.05, 4.69) is 0 Å². The lowest BCUT2D eigenvalue weighted by Gasteiger charge is -2.15. The van der Waals surface area contributed by atoms with E-state index in [1.54, 1.807) is 6.92 Å². The first-order valence-corrected chi connectivity index (χ1v) is 5.03. The molecule has 0 atom stereocenters. The number of benzene rings is 1. The van der Waals surface area contributed by atoms with Crippen LogP contribution >= 0.6 is 0 Å². The molecule has 0 aliphatic rings. The van der Waals surface area contributed by atoms with Crippen molar-refractivity contribution in [3.05, 3.63) is 23.3 Å². The summed E-state index contributed by atoms with van der Waals surface area (Å²) in [7, 11) is 1.22. The van der Waals surface area contributed by atoms with E-state index in [1.165, 1.54) is 7.11 Å². The molecule has 4 nitrogen and oxygen atoms in total. The Kier molecular flexibility index (Phi) is 4.05. The molecule has 0 aliphatic carbocycles. The SMILES string of the molecule is CCOc1cc(C(F)(F)F)cc(C(N)=O)c1OC. The second-order valence-corrected chi connectivity index (χ2v) is 3.35. The average molecular weight is 263 g/mol. The van der Waals surface area contributed by atoms with Crippen LogP contribution in [-0.4, -0.2) is 19.6 Å². The van der Waals surface area contributed by atoms with E-state index >= 15 is 0 Å². The van der Waals surface area contributed by atoms with Gasteiger partial charge in [0.15, 0.2) is 11.5 Å². The lowest BCUT2D eigenvalue weighted by molar-refractivity contribution is -0.137. The molecule has 0 bridgehead atoms. The molecule has 1 aromatic rings. The fourth-order valence-corrected chi connectivity index (χ4v) is 1.42. The molecule has 1 rings (SSSR count). The molecular weight excluding hydrogens is 251 g/mol. The van der Waals surface area contributed by atoms with Crippen LogP contribution in [0.25, 0.3) is 0 Å². The summed E-state index contributed by atoms with van der Waals surface area (Å²) in [6, 6.07) is 1.42. The highest BCUT2D eigenvalue weighted by molar-refractivity contribution is 5.96. The van der Waals surface area contributed by atoms with Gasteiger partial charge in [0.05, 0.1) is 24.8 Å². The third kappa shape index (κ3) is 2.85. The first-order valence-electron chi connectivity index (χ1n) is 5.03. The molecule has 2 N–H and O–H groups in total. The molecule has 0 fully saturated rings. The maximum absolute atomic E-state index is 12.6. The molecule has 0 spiro atoms. The summed E-state index contributed by atoms with van der Waals surface area (Å²) in [6.07, 6.45) is -4.59. The Labute approximate surface area is 101 Å². The van der Waals surface area contributed by atoms with Crippen molar-refractivity contribution in [2.45, 2.75) is 13.1 Å². The van der Waals surface area contributed by atoms with Gasteiger partial charge in [-0.2, -0.15) is 13.2 Å². The Morgan fingerprint density at radius 2 is 2.00 bits per heavy atom. The number of halogens is 3. The van der Waals surface area contributed by atoms with Gasteiger partial charge in [0, 0.05) is 0 Å². The molecule has 0 unspecified atom stereocenters. The van der Waals surface area contributed by atoms with Crippen LogP contribution in [0, 0.1) is 0 Å². The molecule has 0 heterocycles. The largest absolute Gasteiger partial charge is 0.492 e. The lowest BCUT2D eigenvalue weighted by Crippen LogP contribution is -2.16. The van der Waals surface area contributed by atoms with E-state index in [9.17, 15) is 18.0 Å². The van der Waals surface area contributed by atoms with E-state index in [0.717, 1.165) is 6.07 Å². The Morgan fingerprint density at radius 1 is 1.39 bits per heavy atom. The van der Waals surface area contributed by atoms with Crippen LogP contribution in [-0.2, 0) is 6.18 Å². The Balaban J connectivity index is 3.48. The molecule has 7 heteroatoms. The maximum Gasteiger partial charge on any atom is 0.416 e. The molecule has 18 heavy (non-hydrogen) atoms. The van der Waals surface area contributed by atoms with Crippen molar-refractivity contribution in [2.24, 2.45) is 5.73 Å². The third-order valence-corrected chi connectivity index (χ3v) is 2.15. The zero-order chi connectivity index (χ0) is 13.9. The number of ether oxygens (including phenoxy) is 2. The van der Waals surface area contributed by atoms with E-state index in [0.29, 0.717) is 6.07 Å². The van der Waals surface area contributed by atoms with Gasteiger partial charge in [-0.15, -0.1) is 0 Å². The minimum atomic E-state index is -4.59. The molecule has 100 valence electrons. The van der Waals surface area contributed by atoms with Gasteiger partial charge < -0.3 is 15.2 Å². The molecular formula is C11H12F3NO3. The van der Waals surface area contributed by atoms with E-state index in [-0.39, 0.29) is 23.7 Å². The van der Waals surface area contributed by atoms with E-state index in [1.807, 2.05) is 0 Å². The summed E-state index contributed by atoms with van der Waals surface area (Å²) in [4.78, 5) is 11.1. The first kappa shape index (κ1) is 14.1. The first-order chi connectivity index (χ1) is 8.31. The van der Waals surface area contributed by atoms with Crippen LogP contribution in [0.4, 0.5) is 13.2 Å². The van der Waals surface area contributed by atoms with Crippen LogP contribution in [0.1, 0.15) is 22.8 Å². The number of carbonyl (C=O) groups excluding carboxylic acids is 1. The molecule has 0 radical (unpaired) electrons. The number of nitrogens with two attached hydrogens (primary N) is 1. The van der Waals surface area contributed by atoms with Gasteiger partial charge in [0.2, 0.25) is 0 Å². The number of primary amides is 1. The molecule has 0 aromatic heterocycles. The Hall–Kier alpha value is -1.92. The van der Waals surface area contributed by atoms with Crippen LogP contribution < -0.4 is 15.2 Å². The maximum atomic E-state index is 12.6. The van der Waals surface area contributed by atoms with Crippen molar-refractivity contribution in [1.82, 2.24) is 0 Å².